The topological polar surface area (TPSA) is 90.3 Å². The molecule has 0 saturated carbocycles. The fraction of sp³-hybridized carbons (Fsp3) is 0.474. The van der Waals surface area contributed by atoms with Crippen molar-refractivity contribution in [1.29, 1.82) is 0 Å². The molecule has 0 unspecified atom stereocenters. The van der Waals surface area contributed by atoms with Gasteiger partial charge in [-0.05, 0) is 31.2 Å². The van der Waals surface area contributed by atoms with Crippen molar-refractivity contribution < 1.29 is 14.3 Å². The molecule has 3 rings (SSSR count). The molecular weight excluding hydrogens is 398 g/mol. The molecule has 1 amide bonds. The summed E-state index contributed by atoms with van der Waals surface area (Å²) >= 11 is 2.77. The zero-order valence-electron chi connectivity index (χ0n) is 15.8. The number of rotatable bonds is 7. The number of nitrogens with one attached hydrogen (secondary N) is 1. The van der Waals surface area contributed by atoms with E-state index < -0.39 is 5.97 Å². The molecule has 0 fully saturated rings. The number of carbonyl (C=O) groups excluding carboxylic acids is 2. The van der Waals surface area contributed by atoms with E-state index >= 15 is 0 Å². The van der Waals surface area contributed by atoms with Gasteiger partial charge in [0, 0.05) is 11.4 Å². The maximum atomic E-state index is 13.2. The molecular formula is C19H23N3O4S2. The minimum atomic E-state index is -0.512. The molecule has 0 bridgehead atoms. The van der Waals surface area contributed by atoms with E-state index in [-0.39, 0.29) is 23.8 Å². The summed E-state index contributed by atoms with van der Waals surface area (Å²) in [6.45, 7) is 3.89. The number of methoxy groups -OCH3 is 1. The first-order valence-corrected chi connectivity index (χ1v) is 11.0. The third kappa shape index (κ3) is 4.47. The molecule has 1 N–H and O–H groups in total. The van der Waals surface area contributed by atoms with Crippen LogP contribution in [-0.4, -0.2) is 40.8 Å². The summed E-state index contributed by atoms with van der Waals surface area (Å²) < 4.78 is 6.07. The Morgan fingerprint density at radius 1 is 1.36 bits per heavy atom. The van der Waals surface area contributed by atoms with E-state index in [0.29, 0.717) is 11.7 Å². The average molecular weight is 422 g/mol. The van der Waals surface area contributed by atoms with Gasteiger partial charge in [0.15, 0.2) is 5.16 Å². The number of nitrogens with zero attached hydrogens (tertiary/aromatic N) is 2. The van der Waals surface area contributed by atoms with Gasteiger partial charge in [-0.1, -0.05) is 24.3 Å². The van der Waals surface area contributed by atoms with Crippen LogP contribution in [0.15, 0.2) is 22.6 Å². The molecule has 0 atom stereocenters. The van der Waals surface area contributed by atoms with E-state index in [1.54, 1.807) is 22.0 Å². The Balaban J connectivity index is 1.88. The van der Waals surface area contributed by atoms with Crippen LogP contribution in [0.5, 0.6) is 0 Å². The fourth-order valence-corrected chi connectivity index (χ4v) is 5.36. The van der Waals surface area contributed by atoms with Gasteiger partial charge in [-0.2, -0.15) is 0 Å². The van der Waals surface area contributed by atoms with Crippen LogP contribution < -0.4 is 10.9 Å². The van der Waals surface area contributed by atoms with E-state index in [2.05, 4.69) is 16.6 Å². The van der Waals surface area contributed by atoms with Gasteiger partial charge in [0.1, 0.15) is 11.4 Å². The Labute approximate surface area is 171 Å². The molecule has 150 valence electrons. The van der Waals surface area contributed by atoms with Crippen LogP contribution in [0.2, 0.25) is 0 Å². The van der Waals surface area contributed by atoms with E-state index in [4.69, 9.17) is 4.98 Å². The van der Waals surface area contributed by atoms with Gasteiger partial charge < -0.3 is 10.1 Å². The van der Waals surface area contributed by atoms with Gasteiger partial charge in [0.2, 0.25) is 5.91 Å². The van der Waals surface area contributed by atoms with Crippen LogP contribution >= 0.6 is 23.1 Å². The lowest BCUT2D eigenvalue weighted by Gasteiger charge is -2.10. The Morgan fingerprint density at radius 3 is 2.89 bits per heavy atom. The second-order valence-electron chi connectivity index (χ2n) is 6.48. The van der Waals surface area contributed by atoms with E-state index in [1.165, 1.54) is 30.2 Å². The normalized spacial score (nSPS) is 13.6. The molecule has 0 saturated heterocycles. The lowest BCUT2D eigenvalue weighted by molar-refractivity contribution is -0.140. The molecule has 1 aliphatic carbocycles. The van der Waals surface area contributed by atoms with Gasteiger partial charge in [-0.3, -0.25) is 19.0 Å². The van der Waals surface area contributed by atoms with Crippen molar-refractivity contribution >= 4 is 45.2 Å². The van der Waals surface area contributed by atoms with E-state index in [0.717, 1.165) is 41.5 Å². The number of esters is 1. The summed E-state index contributed by atoms with van der Waals surface area (Å²) in [5.74, 6) is -0.782. The number of hydrogen-bond donors (Lipinski definition) is 1. The maximum Gasteiger partial charge on any atom is 0.325 e. The molecule has 9 heteroatoms. The molecule has 2 aromatic rings. The minimum absolute atomic E-state index is 0.0528. The molecule has 0 spiro atoms. The second-order valence-corrected chi connectivity index (χ2v) is 8.51. The van der Waals surface area contributed by atoms with Crippen LogP contribution in [0, 0.1) is 0 Å². The molecule has 2 aromatic heterocycles. The van der Waals surface area contributed by atoms with Crippen molar-refractivity contribution in [1.82, 2.24) is 14.9 Å². The van der Waals surface area contributed by atoms with Crippen LogP contribution in [0.3, 0.4) is 0 Å². The van der Waals surface area contributed by atoms with Gasteiger partial charge in [-0.25, -0.2) is 4.98 Å². The summed E-state index contributed by atoms with van der Waals surface area (Å²) in [5, 5.41) is 3.70. The van der Waals surface area contributed by atoms with Gasteiger partial charge >= 0.3 is 5.97 Å². The number of aromatic nitrogens is 2. The van der Waals surface area contributed by atoms with Crippen LogP contribution in [-0.2, 0) is 33.7 Å². The Bertz CT molecular complexity index is 964. The number of carbonyl (C=O) groups is 2. The standard InChI is InChI=1S/C19H23N3O4S2/c1-3-9-22-18(25)16-12-7-5-4-6-8-13(12)28-17(16)21-19(22)27-11-14(23)20-10-15(24)26-2/h3H,1,4-11H2,2H3,(H,20,23). The summed E-state index contributed by atoms with van der Waals surface area (Å²) in [5.41, 5.74) is 1.09. The van der Waals surface area contributed by atoms with E-state index in [9.17, 15) is 14.4 Å². The number of aryl methyl sites for hydroxylation is 2. The number of thioether (sulfide) groups is 1. The number of thiophene rings is 1. The number of fused-ring (bicyclic) bond motifs is 3. The Hall–Kier alpha value is -2.13. The largest absolute Gasteiger partial charge is 0.468 e. The molecule has 0 radical (unpaired) electrons. The van der Waals surface area contributed by atoms with Crippen LogP contribution in [0.1, 0.15) is 29.7 Å². The Morgan fingerprint density at radius 2 is 2.14 bits per heavy atom. The number of allylic oxidation sites excluding steroid dienone is 1. The fourth-order valence-electron chi connectivity index (χ4n) is 3.22. The third-order valence-corrected chi connectivity index (χ3v) is 6.75. The van der Waals surface area contributed by atoms with Gasteiger partial charge in [0.25, 0.3) is 5.56 Å². The number of hydrogen-bond acceptors (Lipinski definition) is 7. The summed E-state index contributed by atoms with van der Waals surface area (Å²) in [7, 11) is 1.26. The first-order valence-electron chi connectivity index (χ1n) is 9.17. The second kappa shape index (κ2) is 9.38. The highest BCUT2D eigenvalue weighted by molar-refractivity contribution is 7.99. The van der Waals surface area contributed by atoms with Crippen molar-refractivity contribution in [2.45, 2.75) is 43.8 Å². The smallest absolute Gasteiger partial charge is 0.325 e. The predicted molar refractivity (Wildman–Crippen MR) is 111 cm³/mol. The zero-order valence-corrected chi connectivity index (χ0v) is 17.4. The van der Waals surface area contributed by atoms with Gasteiger partial charge in [-0.15, -0.1) is 17.9 Å². The summed E-state index contributed by atoms with van der Waals surface area (Å²) in [4.78, 5) is 43.0. The zero-order chi connectivity index (χ0) is 20.1. The van der Waals surface area contributed by atoms with Crippen LogP contribution in [0.4, 0.5) is 0 Å². The number of amides is 1. The van der Waals surface area contributed by atoms with Crippen molar-refractivity contribution in [2.24, 2.45) is 0 Å². The van der Waals surface area contributed by atoms with Crippen molar-refractivity contribution in [3.63, 3.8) is 0 Å². The molecule has 0 aliphatic heterocycles. The Kier molecular flexibility index (Phi) is 6.90. The van der Waals surface area contributed by atoms with Crippen LogP contribution in [0.25, 0.3) is 10.2 Å². The van der Waals surface area contributed by atoms with Crippen molar-refractivity contribution in [3.05, 3.63) is 33.4 Å². The molecule has 0 aromatic carbocycles. The van der Waals surface area contributed by atoms with Gasteiger partial charge in [0.05, 0.1) is 18.2 Å². The highest BCUT2D eigenvalue weighted by atomic mass is 32.2. The molecule has 1 aliphatic rings. The predicted octanol–water partition coefficient (Wildman–Crippen LogP) is 2.29. The van der Waals surface area contributed by atoms with E-state index in [1.807, 2.05) is 0 Å². The quantitative estimate of drug-likeness (QED) is 0.243. The lowest BCUT2D eigenvalue weighted by atomic mass is 10.1. The summed E-state index contributed by atoms with van der Waals surface area (Å²) in [6.07, 6.45) is 6.99. The highest BCUT2D eigenvalue weighted by Crippen LogP contribution is 2.34. The van der Waals surface area contributed by atoms with Crippen molar-refractivity contribution in [3.8, 4) is 0 Å². The molecule has 28 heavy (non-hydrogen) atoms. The summed E-state index contributed by atoms with van der Waals surface area (Å²) in [6, 6.07) is 0. The highest BCUT2D eigenvalue weighted by Gasteiger charge is 2.21. The minimum Gasteiger partial charge on any atom is -0.468 e. The monoisotopic (exact) mass is 421 g/mol. The first-order chi connectivity index (χ1) is 13.5. The SMILES string of the molecule is C=CCn1c(SCC(=O)NCC(=O)OC)nc2sc3c(c2c1=O)CCCCC3. The number of ether oxygens (including phenoxy) is 1. The first kappa shape index (κ1) is 20.6. The third-order valence-electron chi connectivity index (χ3n) is 4.59. The average Bonchev–Trinajstić information content (AvgIpc) is 2.88. The molecule has 2 heterocycles. The lowest BCUT2D eigenvalue weighted by Crippen LogP contribution is -2.31. The maximum absolute atomic E-state index is 13.2. The molecule has 7 nitrogen and oxygen atoms in total. The van der Waals surface area contributed by atoms with Crippen molar-refractivity contribution in [2.75, 3.05) is 19.4 Å².